The minimum absolute atomic E-state index is 0.0912. The number of carbonyl (C=O) groups excluding carboxylic acids is 2. The highest BCUT2D eigenvalue weighted by atomic mass is 32.2. The van der Waals surface area contributed by atoms with E-state index in [0.29, 0.717) is 12.2 Å². The van der Waals surface area contributed by atoms with E-state index >= 15 is 0 Å². The van der Waals surface area contributed by atoms with Gasteiger partial charge >= 0.3 is 0 Å². The lowest BCUT2D eigenvalue weighted by Gasteiger charge is -2.16. The number of benzene rings is 2. The molecule has 3 rings (SSSR count). The fourth-order valence-corrected chi connectivity index (χ4v) is 3.27. The van der Waals surface area contributed by atoms with Crippen molar-refractivity contribution < 1.29 is 14.0 Å². The summed E-state index contributed by atoms with van der Waals surface area (Å²) in [7, 11) is 0. The lowest BCUT2D eigenvalue weighted by atomic mass is 10.2. The normalized spacial score (nSPS) is 11.9. The summed E-state index contributed by atoms with van der Waals surface area (Å²) >= 11 is 1.67. The summed E-state index contributed by atoms with van der Waals surface area (Å²) in [6, 6.07) is 13.0. The van der Waals surface area contributed by atoms with Crippen LogP contribution in [0, 0.1) is 5.82 Å². The summed E-state index contributed by atoms with van der Waals surface area (Å²) in [6.45, 7) is -0.247. The molecule has 8 heteroatoms. The standard InChI is InChI=1S/C20H21FN4O2S/c1-28-11-10-17(19-24-15-8-4-5-9-16(15)25-19)23-18(26)12-22-20(27)13-6-2-3-7-14(13)21/h2-9,17H,10-12H2,1H3,(H,22,27)(H,23,26)(H,24,25)/t17-/m1/s1. The average Bonchev–Trinajstić information content (AvgIpc) is 3.13. The molecule has 28 heavy (non-hydrogen) atoms. The first-order valence-corrected chi connectivity index (χ1v) is 10.2. The lowest BCUT2D eigenvalue weighted by molar-refractivity contribution is -0.120. The van der Waals surface area contributed by atoms with Gasteiger partial charge in [-0.2, -0.15) is 11.8 Å². The SMILES string of the molecule is CSCC[C@@H](NC(=O)CNC(=O)c1ccccc1F)c1nc2ccccc2[nH]1. The molecule has 0 saturated heterocycles. The molecular formula is C20H21FN4O2S. The molecule has 3 aromatic rings. The van der Waals surface area contributed by atoms with Crippen LogP contribution in [-0.4, -0.2) is 40.3 Å². The molecule has 2 amide bonds. The van der Waals surface area contributed by atoms with Crippen molar-refractivity contribution in [3.05, 3.63) is 65.7 Å². The van der Waals surface area contributed by atoms with Gasteiger partial charge in [-0.3, -0.25) is 9.59 Å². The van der Waals surface area contributed by atoms with Gasteiger partial charge in [0.25, 0.3) is 5.91 Å². The van der Waals surface area contributed by atoms with Crippen molar-refractivity contribution in [2.45, 2.75) is 12.5 Å². The number of amides is 2. The van der Waals surface area contributed by atoms with E-state index in [1.807, 2.05) is 30.5 Å². The number of para-hydroxylation sites is 2. The Labute approximate surface area is 166 Å². The molecule has 1 heterocycles. The Morgan fingerprint density at radius 1 is 1.18 bits per heavy atom. The first-order chi connectivity index (χ1) is 13.6. The Morgan fingerprint density at radius 3 is 2.68 bits per heavy atom. The molecule has 0 spiro atoms. The Hall–Kier alpha value is -2.87. The molecule has 6 nitrogen and oxygen atoms in total. The van der Waals surface area contributed by atoms with Crippen molar-refractivity contribution in [2.24, 2.45) is 0 Å². The minimum Gasteiger partial charge on any atom is -0.345 e. The molecule has 0 saturated carbocycles. The van der Waals surface area contributed by atoms with Crippen LogP contribution in [0.4, 0.5) is 4.39 Å². The summed E-state index contributed by atoms with van der Waals surface area (Å²) < 4.78 is 13.7. The van der Waals surface area contributed by atoms with Gasteiger partial charge in [0.2, 0.25) is 5.91 Å². The molecule has 0 radical (unpaired) electrons. The van der Waals surface area contributed by atoms with Gasteiger partial charge in [0.05, 0.1) is 29.2 Å². The molecule has 0 aliphatic heterocycles. The Bertz CT molecular complexity index is 943. The number of thioether (sulfide) groups is 1. The number of rotatable bonds is 8. The van der Waals surface area contributed by atoms with Gasteiger partial charge in [-0.25, -0.2) is 9.37 Å². The number of hydrogen-bond acceptors (Lipinski definition) is 4. The fourth-order valence-electron chi connectivity index (χ4n) is 2.80. The van der Waals surface area contributed by atoms with E-state index in [1.165, 1.54) is 18.2 Å². The third-order valence-electron chi connectivity index (χ3n) is 4.21. The summed E-state index contributed by atoms with van der Waals surface area (Å²) in [6.07, 6.45) is 2.68. The van der Waals surface area contributed by atoms with E-state index in [1.54, 1.807) is 17.8 Å². The first-order valence-electron chi connectivity index (χ1n) is 8.84. The molecule has 2 aromatic carbocycles. The van der Waals surface area contributed by atoms with E-state index in [4.69, 9.17) is 0 Å². The van der Waals surface area contributed by atoms with Crippen LogP contribution in [0.5, 0.6) is 0 Å². The van der Waals surface area contributed by atoms with Crippen LogP contribution in [0.1, 0.15) is 28.6 Å². The van der Waals surface area contributed by atoms with Crippen LogP contribution in [-0.2, 0) is 4.79 Å². The van der Waals surface area contributed by atoms with Crippen LogP contribution in [0.15, 0.2) is 48.5 Å². The quantitative estimate of drug-likeness (QED) is 0.542. The predicted molar refractivity (Wildman–Crippen MR) is 109 cm³/mol. The smallest absolute Gasteiger partial charge is 0.254 e. The van der Waals surface area contributed by atoms with E-state index in [-0.39, 0.29) is 24.1 Å². The topological polar surface area (TPSA) is 86.9 Å². The third kappa shape index (κ3) is 4.89. The molecule has 0 bridgehead atoms. The van der Waals surface area contributed by atoms with E-state index < -0.39 is 11.7 Å². The Morgan fingerprint density at radius 2 is 1.93 bits per heavy atom. The summed E-state index contributed by atoms with van der Waals surface area (Å²) in [4.78, 5) is 32.2. The predicted octanol–water partition coefficient (Wildman–Crippen LogP) is 3.04. The number of nitrogens with one attached hydrogen (secondary N) is 3. The highest BCUT2D eigenvalue weighted by Gasteiger charge is 2.19. The van der Waals surface area contributed by atoms with Gasteiger partial charge in [0.1, 0.15) is 11.6 Å². The van der Waals surface area contributed by atoms with Crippen molar-refractivity contribution in [1.82, 2.24) is 20.6 Å². The van der Waals surface area contributed by atoms with Gasteiger partial charge in [-0.15, -0.1) is 0 Å². The highest BCUT2D eigenvalue weighted by Crippen LogP contribution is 2.19. The van der Waals surface area contributed by atoms with Crippen molar-refractivity contribution in [3.8, 4) is 0 Å². The summed E-state index contributed by atoms with van der Waals surface area (Å²) in [5.41, 5.74) is 1.63. The van der Waals surface area contributed by atoms with Crippen molar-refractivity contribution >= 4 is 34.6 Å². The lowest BCUT2D eigenvalue weighted by Crippen LogP contribution is -2.39. The van der Waals surface area contributed by atoms with E-state index in [2.05, 4.69) is 20.6 Å². The fraction of sp³-hybridized carbons (Fsp3) is 0.250. The Balaban J connectivity index is 1.64. The van der Waals surface area contributed by atoms with Gasteiger partial charge in [-0.05, 0) is 42.7 Å². The zero-order valence-corrected chi connectivity index (χ0v) is 16.2. The van der Waals surface area contributed by atoms with Gasteiger partial charge in [0, 0.05) is 0 Å². The van der Waals surface area contributed by atoms with Crippen LogP contribution in [0.3, 0.4) is 0 Å². The summed E-state index contributed by atoms with van der Waals surface area (Å²) in [5, 5.41) is 5.35. The zero-order chi connectivity index (χ0) is 19.9. The van der Waals surface area contributed by atoms with Crippen LogP contribution >= 0.6 is 11.8 Å². The number of imidazole rings is 1. The number of aromatic amines is 1. The molecule has 1 atom stereocenters. The summed E-state index contributed by atoms with van der Waals surface area (Å²) in [5.74, 6) is -0.109. The number of H-pyrrole nitrogens is 1. The van der Waals surface area contributed by atoms with Crippen molar-refractivity contribution in [1.29, 1.82) is 0 Å². The second-order valence-electron chi connectivity index (χ2n) is 6.20. The second-order valence-corrected chi connectivity index (χ2v) is 7.19. The third-order valence-corrected chi connectivity index (χ3v) is 4.86. The largest absolute Gasteiger partial charge is 0.345 e. The van der Waals surface area contributed by atoms with Crippen LogP contribution in [0.2, 0.25) is 0 Å². The van der Waals surface area contributed by atoms with E-state index in [0.717, 1.165) is 16.8 Å². The Kier molecular flexibility index (Phi) is 6.65. The zero-order valence-electron chi connectivity index (χ0n) is 15.4. The van der Waals surface area contributed by atoms with Crippen LogP contribution in [0.25, 0.3) is 11.0 Å². The minimum atomic E-state index is -0.627. The molecule has 0 aliphatic rings. The van der Waals surface area contributed by atoms with E-state index in [9.17, 15) is 14.0 Å². The number of nitrogens with zero attached hydrogens (tertiary/aromatic N) is 1. The number of fused-ring (bicyclic) bond motifs is 1. The number of aromatic nitrogens is 2. The number of carbonyl (C=O) groups is 2. The maximum absolute atomic E-state index is 13.7. The molecule has 3 N–H and O–H groups in total. The molecule has 0 fully saturated rings. The highest BCUT2D eigenvalue weighted by molar-refractivity contribution is 7.98. The maximum Gasteiger partial charge on any atom is 0.254 e. The molecule has 1 aromatic heterocycles. The van der Waals surface area contributed by atoms with Gasteiger partial charge in [0.15, 0.2) is 0 Å². The number of hydrogen-bond donors (Lipinski definition) is 3. The monoisotopic (exact) mass is 400 g/mol. The average molecular weight is 400 g/mol. The molecule has 146 valence electrons. The maximum atomic E-state index is 13.7. The second kappa shape index (κ2) is 9.36. The number of halogens is 1. The molecular weight excluding hydrogens is 379 g/mol. The molecule has 0 unspecified atom stereocenters. The van der Waals surface area contributed by atoms with Gasteiger partial charge < -0.3 is 15.6 Å². The van der Waals surface area contributed by atoms with Crippen molar-refractivity contribution in [2.75, 3.05) is 18.6 Å². The van der Waals surface area contributed by atoms with Crippen LogP contribution < -0.4 is 10.6 Å². The molecule has 0 aliphatic carbocycles. The van der Waals surface area contributed by atoms with Gasteiger partial charge in [-0.1, -0.05) is 24.3 Å². The van der Waals surface area contributed by atoms with Crippen molar-refractivity contribution in [3.63, 3.8) is 0 Å². The first kappa shape index (κ1) is 19.9.